The van der Waals surface area contributed by atoms with E-state index in [1.807, 2.05) is 24.4 Å². The SMILES string of the molecule is Oc1cccc(/C=C2\c3ccccc3CCC3C=CN=CC23)c1. The third kappa shape index (κ3) is 2.72. The van der Waals surface area contributed by atoms with Crippen molar-refractivity contribution in [2.45, 2.75) is 12.8 Å². The Bertz CT molecular complexity index is 816. The third-order valence-corrected chi connectivity index (χ3v) is 4.75. The second-order valence-corrected chi connectivity index (χ2v) is 6.22. The van der Waals surface area contributed by atoms with Crippen molar-refractivity contribution in [2.24, 2.45) is 16.8 Å². The Labute approximate surface area is 136 Å². The molecule has 2 atom stereocenters. The van der Waals surface area contributed by atoms with E-state index in [9.17, 15) is 5.11 Å². The van der Waals surface area contributed by atoms with Crippen molar-refractivity contribution in [3.05, 3.63) is 77.5 Å². The Morgan fingerprint density at radius 3 is 2.91 bits per heavy atom. The number of phenols is 1. The molecule has 2 heteroatoms. The van der Waals surface area contributed by atoms with E-state index in [1.54, 1.807) is 6.07 Å². The molecular formula is C21H19NO. The molecule has 0 spiro atoms. The number of hydrogen-bond acceptors (Lipinski definition) is 2. The van der Waals surface area contributed by atoms with E-state index in [0.717, 1.165) is 18.4 Å². The van der Waals surface area contributed by atoms with E-state index in [2.05, 4.69) is 47.6 Å². The first kappa shape index (κ1) is 14.0. The summed E-state index contributed by atoms with van der Waals surface area (Å²) < 4.78 is 0. The Balaban J connectivity index is 1.88. The monoisotopic (exact) mass is 301 g/mol. The summed E-state index contributed by atoms with van der Waals surface area (Å²) in [5, 5.41) is 9.76. The second kappa shape index (κ2) is 5.88. The standard InChI is InChI=1S/C21H19NO/c23-18-6-3-4-15(12-18)13-20-19-7-2-1-5-16(19)8-9-17-10-11-22-14-21(17)20/h1-7,10-14,17,21,23H,8-9H2/b20-13+. The van der Waals surface area contributed by atoms with Crippen LogP contribution in [0.5, 0.6) is 5.75 Å². The van der Waals surface area contributed by atoms with Gasteiger partial charge < -0.3 is 5.11 Å². The van der Waals surface area contributed by atoms with Gasteiger partial charge in [-0.15, -0.1) is 0 Å². The minimum atomic E-state index is 0.297. The number of rotatable bonds is 1. The Morgan fingerprint density at radius 2 is 2.00 bits per heavy atom. The first-order valence-electron chi connectivity index (χ1n) is 8.10. The summed E-state index contributed by atoms with van der Waals surface area (Å²) in [6.07, 6.45) is 10.7. The lowest BCUT2D eigenvalue weighted by molar-refractivity contribution is 0.475. The minimum absolute atomic E-state index is 0.297. The maximum atomic E-state index is 9.76. The highest BCUT2D eigenvalue weighted by Gasteiger charge is 2.28. The molecule has 1 aliphatic carbocycles. The van der Waals surface area contributed by atoms with Crippen LogP contribution >= 0.6 is 0 Å². The zero-order valence-electron chi connectivity index (χ0n) is 12.9. The number of benzene rings is 2. The van der Waals surface area contributed by atoms with E-state index < -0.39 is 0 Å². The van der Waals surface area contributed by atoms with Gasteiger partial charge in [-0.2, -0.15) is 0 Å². The molecule has 0 fully saturated rings. The molecule has 0 amide bonds. The van der Waals surface area contributed by atoms with Gasteiger partial charge >= 0.3 is 0 Å². The quantitative estimate of drug-likeness (QED) is 0.813. The molecule has 0 radical (unpaired) electrons. The topological polar surface area (TPSA) is 32.6 Å². The molecule has 0 aromatic heterocycles. The van der Waals surface area contributed by atoms with Crippen LogP contribution in [0.25, 0.3) is 11.6 Å². The molecule has 0 saturated heterocycles. The summed E-state index contributed by atoms with van der Waals surface area (Å²) in [5.74, 6) is 1.09. The van der Waals surface area contributed by atoms with Gasteiger partial charge in [0.15, 0.2) is 0 Å². The second-order valence-electron chi connectivity index (χ2n) is 6.22. The van der Waals surface area contributed by atoms with Crippen LogP contribution in [-0.2, 0) is 6.42 Å². The van der Waals surface area contributed by atoms with Crippen molar-refractivity contribution >= 4 is 17.9 Å². The number of aryl methyl sites for hydroxylation is 1. The van der Waals surface area contributed by atoms with Crippen LogP contribution < -0.4 is 0 Å². The van der Waals surface area contributed by atoms with Crippen molar-refractivity contribution in [3.63, 3.8) is 0 Å². The van der Waals surface area contributed by atoms with Gasteiger partial charge in [-0.1, -0.05) is 48.6 Å². The number of hydrogen-bond donors (Lipinski definition) is 1. The van der Waals surface area contributed by atoms with Crippen LogP contribution in [0, 0.1) is 11.8 Å². The zero-order chi connectivity index (χ0) is 15.6. The molecule has 1 aliphatic heterocycles. The fraction of sp³-hybridized carbons (Fsp3) is 0.190. The molecule has 1 heterocycles. The van der Waals surface area contributed by atoms with Gasteiger partial charge in [0.1, 0.15) is 5.75 Å². The lowest BCUT2D eigenvalue weighted by atomic mass is 9.82. The maximum Gasteiger partial charge on any atom is 0.116 e. The van der Waals surface area contributed by atoms with Gasteiger partial charge in [0.25, 0.3) is 0 Å². The number of nitrogens with zero attached hydrogens (tertiary/aromatic N) is 1. The van der Waals surface area contributed by atoms with E-state index in [1.165, 1.54) is 16.7 Å². The predicted molar refractivity (Wildman–Crippen MR) is 95.4 cm³/mol. The van der Waals surface area contributed by atoms with Crippen LogP contribution in [0.1, 0.15) is 23.1 Å². The van der Waals surface area contributed by atoms with Gasteiger partial charge in [0.2, 0.25) is 0 Å². The molecule has 1 N–H and O–H groups in total. The van der Waals surface area contributed by atoms with E-state index >= 15 is 0 Å². The predicted octanol–water partition coefficient (Wildman–Crippen LogP) is 4.71. The highest BCUT2D eigenvalue weighted by atomic mass is 16.3. The third-order valence-electron chi connectivity index (χ3n) is 4.75. The zero-order valence-corrected chi connectivity index (χ0v) is 12.9. The van der Waals surface area contributed by atoms with Crippen LogP contribution in [0.15, 0.2) is 65.8 Å². The van der Waals surface area contributed by atoms with Gasteiger partial charge in [-0.3, -0.25) is 4.99 Å². The van der Waals surface area contributed by atoms with Crippen molar-refractivity contribution in [2.75, 3.05) is 0 Å². The fourth-order valence-corrected chi connectivity index (χ4v) is 3.61. The van der Waals surface area contributed by atoms with Gasteiger partial charge in [0.05, 0.1) is 0 Å². The summed E-state index contributed by atoms with van der Waals surface area (Å²) in [4.78, 5) is 4.39. The highest BCUT2D eigenvalue weighted by molar-refractivity contribution is 5.93. The van der Waals surface area contributed by atoms with Crippen molar-refractivity contribution in [1.82, 2.24) is 0 Å². The molecule has 2 unspecified atom stereocenters. The molecule has 114 valence electrons. The molecule has 2 aliphatic rings. The highest BCUT2D eigenvalue weighted by Crippen LogP contribution is 2.39. The first-order chi connectivity index (χ1) is 11.3. The molecule has 0 saturated carbocycles. The van der Waals surface area contributed by atoms with Crippen molar-refractivity contribution < 1.29 is 5.11 Å². The van der Waals surface area contributed by atoms with Crippen molar-refractivity contribution in [3.8, 4) is 5.75 Å². The molecule has 23 heavy (non-hydrogen) atoms. The molecular weight excluding hydrogens is 282 g/mol. The van der Waals surface area contributed by atoms with E-state index in [0.29, 0.717) is 17.6 Å². The fourth-order valence-electron chi connectivity index (χ4n) is 3.61. The maximum absolute atomic E-state index is 9.76. The van der Waals surface area contributed by atoms with Gasteiger partial charge in [-0.05, 0) is 53.2 Å². The lowest BCUT2D eigenvalue weighted by Gasteiger charge is -2.23. The summed E-state index contributed by atoms with van der Waals surface area (Å²) in [7, 11) is 0. The molecule has 2 nitrogen and oxygen atoms in total. The van der Waals surface area contributed by atoms with E-state index in [4.69, 9.17) is 0 Å². The van der Waals surface area contributed by atoms with Crippen LogP contribution in [-0.4, -0.2) is 11.3 Å². The Kier molecular flexibility index (Phi) is 3.58. The number of aliphatic imine (C=N–C) groups is 1. The minimum Gasteiger partial charge on any atom is -0.508 e. The largest absolute Gasteiger partial charge is 0.508 e. The Morgan fingerprint density at radius 1 is 1.09 bits per heavy atom. The van der Waals surface area contributed by atoms with Crippen molar-refractivity contribution in [1.29, 1.82) is 0 Å². The lowest BCUT2D eigenvalue weighted by Crippen LogP contribution is -2.17. The van der Waals surface area contributed by atoms with Crippen LogP contribution in [0.2, 0.25) is 0 Å². The Hall–Kier alpha value is -2.61. The molecule has 2 aromatic rings. The average Bonchev–Trinajstić information content (AvgIpc) is 2.73. The molecule has 4 rings (SSSR count). The van der Waals surface area contributed by atoms with Crippen LogP contribution in [0.3, 0.4) is 0 Å². The number of phenolic OH excluding ortho intramolecular Hbond substituents is 1. The van der Waals surface area contributed by atoms with Gasteiger partial charge in [0, 0.05) is 18.3 Å². The number of allylic oxidation sites excluding steroid dienone is 2. The summed E-state index contributed by atoms with van der Waals surface area (Å²) >= 11 is 0. The summed E-state index contributed by atoms with van der Waals surface area (Å²) in [5.41, 5.74) is 5.03. The first-order valence-corrected chi connectivity index (χ1v) is 8.10. The van der Waals surface area contributed by atoms with E-state index in [-0.39, 0.29) is 0 Å². The van der Waals surface area contributed by atoms with Crippen LogP contribution in [0.4, 0.5) is 0 Å². The normalized spacial score (nSPS) is 24.1. The number of aromatic hydroxyl groups is 1. The molecule has 0 bridgehead atoms. The smallest absolute Gasteiger partial charge is 0.116 e. The summed E-state index contributed by atoms with van der Waals surface area (Å²) in [6, 6.07) is 16.1. The molecule has 2 aromatic carbocycles. The summed E-state index contributed by atoms with van der Waals surface area (Å²) in [6.45, 7) is 0. The number of fused-ring (bicyclic) bond motifs is 2. The average molecular weight is 301 g/mol. The van der Waals surface area contributed by atoms with Gasteiger partial charge in [-0.25, -0.2) is 0 Å².